The molecule has 0 aliphatic rings. The van der Waals surface area contributed by atoms with E-state index in [0.717, 1.165) is 20.7 Å². The molecule has 8 heteroatoms. The van der Waals surface area contributed by atoms with E-state index in [4.69, 9.17) is 9.15 Å². The quantitative estimate of drug-likeness (QED) is 0.602. The van der Waals surface area contributed by atoms with Crippen LogP contribution in [0.1, 0.15) is 0 Å². The van der Waals surface area contributed by atoms with Crippen LogP contribution in [0.5, 0.6) is 5.75 Å². The second kappa shape index (κ2) is 8.17. The summed E-state index contributed by atoms with van der Waals surface area (Å²) in [5.41, 5.74) is 0.773. The highest BCUT2D eigenvalue weighted by molar-refractivity contribution is 9.10. The van der Waals surface area contributed by atoms with Crippen molar-refractivity contribution in [3.8, 4) is 17.2 Å². The van der Waals surface area contributed by atoms with Gasteiger partial charge < -0.3 is 9.15 Å². The van der Waals surface area contributed by atoms with Crippen LogP contribution in [0.4, 0.5) is 6.01 Å². The normalized spacial score (nSPS) is 10.5. The number of hydrogen-bond acceptors (Lipinski definition) is 6. The number of halogens is 1. The average Bonchev–Trinajstić information content (AvgIpc) is 3.09. The number of hydrogen-bond donors (Lipinski definition) is 1. The van der Waals surface area contributed by atoms with E-state index in [1.807, 2.05) is 48.5 Å². The van der Waals surface area contributed by atoms with Gasteiger partial charge in [0.2, 0.25) is 11.8 Å². The first-order valence-corrected chi connectivity index (χ1v) is 9.08. The molecular formula is C17H14BrN3O3S. The van der Waals surface area contributed by atoms with Crippen LogP contribution < -0.4 is 10.1 Å². The van der Waals surface area contributed by atoms with Crippen molar-refractivity contribution in [2.75, 3.05) is 18.2 Å². The summed E-state index contributed by atoms with van der Waals surface area (Å²) in [7, 11) is 1.61. The molecule has 0 radical (unpaired) electrons. The number of aromatic nitrogens is 2. The van der Waals surface area contributed by atoms with E-state index in [0.29, 0.717) is 5.89 Å². The highest BCUT2D eigenvalue weighted by Crippen LogP contribution is 2.24. The minimum atomic E-state index is -0.217. The summed E-state index contributed by atoms with van der Waals surface area (Å²) in [5.74, 6) is 1.14. The van der Waals surface area contributed by atoms with Crippen LogP contribution in [0.15, 0.2) is 62.3 Å². The Kier molecular flexibility index (Phi) is 5.72. The monoisotopic (exact) mass is 419 g/mol. The van der Waals surface area contributed by atoms with Crippen LogP contribution in [-0.4, -0.2) is 29.0 Å². The lowest BCUT2D eigenvalue weighted by molar-refractivity contribution is -0.113. The van der Waals surface area contributed by atoms with Crippen LogP contribution in [0, 0.1) is 0 Å². The molecule has 1 N–H and O–H groups in total. The third-order valence-electron chi connectivity index (χ3n) is 3.17. The second-order valence-electron chi connectivity index (χ2n) is 4.94. The van der Waals surface area contributed by atoms with Crippen molar-refractivity contribution in [1.29, 1.82) is 0 Å². The highest BCUT2D eigenvalue weighted by Gasteiger charge is 2.12. The molecule has 1 heterocycles. The molecule has 128 valence electrons. The molecule has 0 saturated carbocycles. The standard InChI is InChI=1S/C17H14BrN3O3S/c1-23-13-5-7-14(8-6-13)25-10-15(22)19-17-21-20-16(24-17)11-3-2-4-12(18)9-11/h2-9H,10H2,1H3,(H,19,21,22). The number of amides is 1. The van der Waals surface area contributed by atoms with E-state index in [-0.39, 0.29) is 17.7 Å². The maximum absolute atomic E-state index is 12.0. The van der Waals surface area contributed by atoms with E-state index in [1.54, 1.807) is 7.11 Å². The molecule has 1 amide bonds. The van der Waals surface area contributed by atoms with Crippen molar-refractivity contribution < 1.29 is 13.9 Å². The van der Waals surface area contributed by atoms with Gasteiger partial charge in [0.1, 0.15) is 5.75 Å². The molecule has 6 nitrogen and oxygen atoms in total. The largest absolute Gasteiger partial charge is 0.497 e. The number of rotatable bonds is 6. The fourth-order valence-corrected chi connectivity index (χ4v) is 3.09. The summed E-state index contributed by atoms with van der Waals surface area (Å²) in [6.07, 6.45) is 0. The minimum absolute atomic E-state index is 0.0790. The van der Waals surface area contributed by atoms with Crippen molar-refractivity contribution in [3.63, 3.8) is 0 Å². The predicted molar refractivity (Wildman–Crippen MR) is 99.8 cm³/mol. The summed E-state index contributed by atoms with van der Waals surface area (Å²) in [6, 6.07) is 15.1. The number of nitrogens with one attached hydrogen (secondary N) is 1. The number of nitrogens with zero attached hydrogens (tertiary/aromatic N) is 2. The first-order chi connectivity index (χ1) is 12.1. The molecule has 0 aliphatic carbocycles. The van der Waals surface area contributed by atoms with Crippen LogP contribution in [0.25, 0.3) is 11.5 Å². The molecule has 0 fully saturated rings. The lowest BCUT2D eigenvalue weighted by Gasteiger charge is -2.03. The van der Waals surface area contributed by atoms with E-state index in [1.165, 1.54) is 11.8 Å². The third kappa shape index (κ3) is 4.83. The van der Waals surface area contributed by atoms with Gasteiger partial charge in [-0.05, 0) is 42.5 Å². The minimum Gasteiger partial charge on any atom is -0.497 e. The van der Waals surface area contributed by atoms with Crippen LogP contribution in [0.3, 0.4) is 0 Å². The Morgan fingerprint density at radius 3 is 2.76 bits per heavy atom. The molecule has 0 aliphatic heterocycles. The first-order valence-electron chi connectivity index (χ1n) is 7.30. The summed E-state index contributed by atoms with van der Waals surface area (Å²) in [5, 5.41) is 10.4. The molecule has 0 atom stereocenters. The van der Waals surface area contributed by atoms with Crippen molar-refractivity contribution in [2.24, 2.45) is 0 Å². The third-order valence-corrected chi connectivity index (χ3v) is 4.68. The Balaban J connectivity index is 1.56. The SMILES string of the molecule is COc1ccc(SCC(=O)Nc2nnc(-c3cccc(Br)c3)o2)cc1. The number of benzene rings is 2. The Hall–Kier alpha value is -2.32. The fraction of sp³-hybridized carbons (Fsp3) is 0.118. The van der Waals surface area contributed by atoms with Gasteiger partial charge in [0.05, 0.1) is 12.9 Å². The number of anilines is 1. The first kappa shape index (κ1) is 17.5. The maximum atomic E-state index is 12.0. The smallest absolute Gasteiger partial charge is 0.322 e. The van der Waals surface area contributed by atoms with E-state index < -0.39 is 0 Å². The van der Waals surface area contributed by atoms with Crippen molar-refractivity contribution >= 4 is 39.6 Å². The van der Waals surface area contributed by atoms with E-state index >= 15 is 0 Å². The number of carbonyl (C=O) groups excluding carboxylic acids is 1. The van der Waals surface area contributed by atoms with Crippen LogP contribution >= 0.6 is 27.7 Å². The molecule has 2 aromatic carbocycles. The molecule has 3 aromatic rings. The Morgan fingerprint density at radius 2 is 2.04 bits per heavy atom. The van der Waals surface area contributed by atoms with Crippen LogP contribution in [0.2, 0.25) is 0 Å². The molecule has 0 saturated heterocycles. The van der Waals surface area contributed by atoms with Crippen molar-refractivity contribution in [2.45, 2.75) is 4.90 Å². The van der Waals surface area contributed by atoms with Crippen LogP contribution in [-0.2, 0) is 4.79 Å². The molecule has 3 rings (SSSR count). The lowest BCUT2D eigenvalue weighted by atomic mass is 10.2. The van der Waals surface area contributed by atoms with E-state index in [2.05, 4.69) is 31.4 Å². The molecule has 1 aromatic heterocycles. The van der Waals surface area contributed by atoms with Gasteiger partial charge in [-0.15, -0.1) is 16.9 Å². The number of carbonyl (C=O) groups is 1. The lowest BCUT2D eigenvalue weighted by Crippen LogP contribution is -2.14. The van der Waals surface area contributed by atoms with Gasteiger partial charge >= 0.3 is 6.01 Å². The highest BCUT2D eigenvalue weighted by atomic mass is 79.9. The maximum Gasteiger partial charge on any atom is 0.322 e. The summed E-state index contributed by atoms with van der Waals surface area (Å²) >= 11 is 4.80. The Morgan fingerprint density at radius 1 is 1.24 bits per heavy atom. The van der Waals surface area contributed by atoms with Gasteiger partial charge in [-0.25, -0.2) is 0 Å². The van der Waals surface area contributed by atoms with Crippen molar-refractivity contribution in [1.82, 2.24) is 10.2 Å². The zero-order valence-electron chi connectivity index (χ0n) is 13.2. The van der Waals surface area contributed by atoms with E-state index in [9.17, 15) is 4.79 Å². The molecule has 0 bridgehead atoms. The van der Waals surface area contributed by atoms with Gasteiger partial charge in [-0.1, -0.05) is 27.1 Å². The molecule has 0 spiro atoms. The van der Waals surface area contributed by atoms with Crippen molar-refractivity contribution in [3.05, 3.63) is 53.0 Å². The van der Waals surface area contributed by atoms with Gasteiger partial charge in [0, 0.05) is 14.9 Å². The van der Waals surface area contributed by atoms with Gasteiger partial charge in [-0.3, -0.25) is 10.1 Å². The van der Waals surface area contributed by atoms with Gasteiger partial charge in [0.15, 0.2) is 0 Å². The molecule has 0 unspecified atom stereocenters. The second-order valence-corrected chi connectivity index (χ2v) is 6.90. The summed E-state index contributed by atoms with van der Waals surface area (Å²) < 4.78 is 11.5. The zero-order valence-corrected chi connectivity index (χ0v) is 15.6. The zero-order chi connectivity index (χ0) is 17.6. The molecule has 25 heavy (non-hydrogen) atoms. The fourth-order valence-electron chi connectivity index (χ4n) is 1.99. The summed E-state index contributed by atoms with van der Waals surface area (Å²) in [4.78, 5) is 13.0. The topological polar surface area (TPSA) is 77.2 Å². The molecular weight excluding hydrogens is 406 g/mol. The van der Waals surface area contributed by atoms with Gasteiger partial charge in [-0.2, -0.15) is 0 Å². The Bertz CT molecular complexity index is 868. The predicted octanol–water partition coefficient (Wildman–Crippen LogP) is 4.24. The number of thioether (sulfide) groups is 1. The average molecular weight is 420 g/mol. The van der Waals surface area contributed by atoms with Gasteiger partial charge in [0.25, 0.3) is 0 Å². The number of ether oxygens (including phenoxy) is 1. The number of methoxy groups -OCH3 is 1. The summed E-state index contributed by atoms with van der Waals surface area (Å²) in [6.45, 7) is 0. The Labute approximate surface area is 157 Å².